The number of anilines is 3. The van der Waals surface area contributed by atoms with Crippen LogP contribution in [-0.4, -0.2) is 40.7 Å². The fourth-order valence-corrected chi connectivity index (χ4v) is 3.92. The van der Waals surface area contributed by atoms with E-state index in [4.69, 9.17) is 11.5 Å². The largest absolute Gasteiger partial charge is 0.573 e. The zero-order valence-electron chi connectivity index (χ0n) is 17.9. The Morgan fingerprint density at radius 1 is 1.17 bits per heavy atom. The Morgan fingerprint density at radius 3 is 2.39 bits per heavy atom. The van der Waals surface area contributed by atoms with E-state index in [9.17, 15) is 35.9 Å². The number of halogens is 6. The lowest BCUT2D eigenvalue weighted by Crippen LogP contribution is -2.40. The number of thiazole rings is 1. The van der Waals surface area contributed by atoms with Crippen LogP contribution in [0.15, 0.2) is 36.5 Å². The Hall–Kier alpha value is -4.08. The fraction of sp³-hybridized carbons (Fsp3) is 0.200. The monoisotopic (exact) mass is 535 g/mol. The van der Waals surface area contributed by atoms with Gasteiger partial charge < -0.3 is 25.8 Å². The molecule has 0 aliphatic rings. The van der Waals surface area contributed by atoms with Gasteiger partial charge in [0.05, 0.1) is 0 Å². The minimum absolute atomic E-state index is 0.0623. The third-order valence-electron chi connectivity index (χ3n) is 4.48. The summed E-state index contributed by atoms with van der Waals surface area (Å²) in [4.78, 5) is 33.3. The van der Waals surface area contributed by atoms with Crippen molar-refractivity contribution in [3.8, 4) is 11.6 Å². The van der Waals surface area contributed by atoms with Crippen molar-refractivity contribution in [2.45, 2.75) is 25.9 Å². The summed E-state index contributed by atoms with van der Waals surface area (Å²) >= 11 is 0.666. The maximum absolute atomic E-state index is 14.3. The summed E-state index contributed by atoms with van der Waals surface area (Å²) in [6.07, 6.45) is -4.17. The molecule has 0 saturated heterocycles. The van der Waals surface area contributed by atoms with Crippen molar-refractivity contribution in [2.75, 3.05) is 10.6 Å². The Kier molecular flexibility index (Phi) is 7.57. The van der Waals surface area contributed by atoms with Crippen LogP contribution in [0.1, 0.15) is 22.2 Å². The standard InChI is InChI=1S/C20H15F6N5O4S/c1-8(17(28)33)31(10-3-4-12(11(21)6-10)35-20(24,25)26)19-30-16(27)15(36-19)14(32)9-2-5-13(29-7-9)34-18(22)23/h2-8,18H,27H2,1H3,(H2,28,33). The van der Waals surface area contributed by atoms with Crippen molar-refractivity contribution in [1.82, 2.24) is 9.97 Å². The van der Waals surface area contributed by atoms with Crippen LogP contribution in [0, 0.1) is 5.82 Å². The summed E-state index contributed by atoms with van der Waals surface area (Å²) in [6.45, 7) is -1.80. The van der Waals surface area contributed by atoms with Crippen LogP contribution in [0.2, 0.25) is 0 Å². The van der Waals surface area contributed by atoms with Gasteiger partial charge >= 0.3 is 13.0 Å². The summed E-state index contributed by atoms with van der Waals surface area (Å²) in [5.74, 6) is -4.86. The van der Waals surface area contributed by atoms with Crippen molar-refractivity contribution in [3.05, 3.63) is 52.8 Å². The molecule has 0 aliphatic carbocycles. The number of carbonyl (C=O) groups is 2. The molecule has 1 amide bonds. The maximum Gasteiger partial charge on any atom is 0.573 e. The molecule has 192 valence electrons. The van der Waals surface area contributed by atoms with Gasteiger partial charge in [-0.05, 0) is 25.1 Å². The first kappa shape index (κ1) is 26.5. The number of nitrogen functional groups attached to an aromatic ring is 1. The molecule has 1 atom stereocenters. The number of primary amides is 1. The lowest BCUT2D eigenvalue weighted by Gasteiger charge is -2.27. The normalized spacial score (nSPS) is 12.3. The van der Waals surface area contributed by atoms with Gasteiger partial charge in [0.2, 0.25) is 17.6 Å². The van der Waals surface area contributed by atoms with Crippen LogP contribution in [-0.2, 0) is 4.79 Å². The number of amides is 1. The molecule has 0 aliphatic heterocycles. The number of rotatable bonds is 9. The van der Waals surface area contributed by atoms with Crippen LogP contribution >= 0.6 is 11.3 Å². The van der Waals surface area contributed by atoms with E-state index in [0.29, 0.717) is 23.5 Å². The summed E-state index contributed by atoms with van der Waals surface area (Å²) in [5, 5.41) is -0.114. The van der Waals surface area contributed by atoms with E-state index in [2.05, 4.69) is 19.4 Å². The lowest BCUT2D eigenvalue weighted by atomic mass is 10.1. The highest BCUT2D eigenvalue weighted by atomic mass is 32.1. The first-order valence-electron chi connectivity index (χ1n) is 9.62. The summed E-state index contributed by atoms with van der Waals surface area (Å²) in [6, 6.07) is 3.35. The number of ether oxygens (including phenoxy) is 2. The van der Waals surface area contributed by atoms with Crippen molar-refractivity contribution in [3.63, 3.8) is 0 Å². The van der Waals surface area contributed by atoms with E-state index in [0.717, 1.165) is 29.3 Å². The predicted molar refractivity (Wildman–Crippen MR) is 115 cm³/mol. The molecule has 0 radical (unpaired) electrons. The number of nitrogens with zero attached hydrogens (tertiary/aromatic N) is 3. The Labute approximate surface area is 202 Å². The van der Waals surface area contributed by atoms with Gasteiger partial charge in [-0.2, -0.15) is 8.78 Å². The second kappa shape index (κ2) is 10.3. The van der Waals surface area contributed by atoms with Crippen molar-refractivity contribution in [1.29, 1.82) is 0 Å². The van der Waals surface area contributed by atoms with Gasteiger partial charge in [0.1, 0.15) is 16.7 Å². The molecular weight excluding hydrogens is 520 g/mol. The second-order valence-electron chi connectivity index (χ2n) is 6.91. The van der Waals surface area contributed by atoms with Gasteiger partial charge in [-0.1, -0.05) is 11.3 Å². The summed E-state index contributed by atoms with van der Waals surface area (Å²) in [5.41, 5.74) is 11.0. The number of pyridine rings is 1. The number of carbonyl (C=O) groups excluding carboxylic acids is 2. The fourth-order valence-electron chi connectivity index (χ4n) is 2.87. The highest BCUT2D eigenvalue weighted by Gasteiger charge is 2.33. The Balaban J connectivity index is 1.97. The van der Waals surface area contributed by atoms with Crippen LogP contribution in [0.4, 0.5) is 43.0 Å². The third-order valence-corrected chi connectivity index (χ3v) is 5.55. The van der Waals surface area contributed by atoms with E-state index in [1.165, 1.54) is 6.92 Å². The van der Waals surface area contributed by atoms with Gasteiger partial charge in [0.25, 0.3) is 0 Å². The maximum atomic E-state index is 14.3. The average molecular weight is 535 g/mol. The predicted octanol–water partition coefficient (Wildman–Crippen LogP) is 4.00. The van der Waals surface area contributed by atoms with E-state index in [1.54, 1.807) is 0 Å². The number of hydrogen-bond donors (Lipinski definition) is 2. The lowest BCUT2D eigenvalue weighted by molar-refractivity contribution is -0.275. The minimum Gasteiger partial charge on any atom is -0.417 e. The zero-order valence-corrected chi connectivity index (χ0v) is 18.7. The van der Waals surface area contributed by atoms with Crippen LogP contribution in [0.3, 0.4) is 0 Å². The number of ketones is 1. The molecule has 3 aromatic rings. The number of aromatic nitrogens is 2. The highest BCUT2D eigenvalue weighted by molar-refractivity contribution is 7.18. The van der Waals surface area contributed by atoms with Gasteiger partial charge in [-0.15, -0.1) is 13.2 Å². The van der Waals surface area contributed by atoms with Crippen molar-refractivity contribution in [2.24, 2.45) is 5.73 Å². The van der Waals surface area contributed by atoms with Gasteiger partial charge in [-0.3, -0.25) is 9.59 Å². The molecule has 9 nitrogen and oxygen atoms in total. The SMILES string of the molecule is CC(C(N)=O)N(c1ccc(OC(F)(F)F)c(F)c1)c1nc(N)c(C(=O)c2ccc(OC(F)F)nc2)s1. The molecule has 1 unspecified atom stereocenters. The molecule has 36 heavy (non-hydrogen) atoms. The van der Waals surface area contributed by atoms with Gasteiger partial charge in [0, 0.05) is 29.6 Å². The molecular formula is C20H15F6N5O4S. The molecule has 0 fully saturated rings. The molecule has 0 spiro atoms. The first-order chi connectivity index (χ1) is 16.8. The van der Waals surface area contributed by atoms with E-state index >= 15 is 0 Å². The number of alkyl halides is 5. The van der Waals surface area contributed by atoms with Gasteiger partial charge in [-0.25, -0.2) is 14.4 Å². The van der Waals surface area contributed by atoms with Crippen molar-refractivity contribution >= 4 is 39.7 Å². The van der Waals surface area contributed by atoms with Crippen LogP contribution in [0.5, 0.6) is 11.6 Å². The summed E-state index contributed by atoms with van der Waals surface area (Å²) in [7, 11) is 0. The quantitative estimate of drug-likeness (QED) is 0.310. The van der Waals surface area contributed by atoms with Crippen LogP contribution < -0.4 is 25.8 Å². The molecule has 0 bridgehead atoms. The Bertz CT molecular complexity index is 1270. The van der Waals surface area contributed by atoms with Gasteiger partial charge in [0.15, 0.2) is 16.7 Å². The van der Waals surface area contributed by atoms with Crippen LogP contribution in [0.25, 0.3) is 0 Å². The summed E-state index contributed by atoms with van der Waals surface area (Å²) < 4.78 is 84.0. The van der Waals surface area contributed by atoms with Crippen molar-refractivity contribution < 1.29 is 45.4 Å². The minimum atomic E-state index is -5.14. The molecule has 3 rings (SSSR count). The zero-order chi connectivity index (χ0) is 26.8. The molecule has 16 heteroatoms. The Morgan fingerprint density at radius 2 is 1.86 bits per heavy atom. The number of nitrogens with two attached hydrogens (primary N) is 2. The first-order valence-corrected chi connectivity index (χ1v) is 10.4. The molecule has 2 heterocycles. The second-order valence-corrected chi connectivity index (χ2v) is 7.89. The highest BCUT2D eigenvalue weighted by Crippen LogP contribution is 2.38. The molecule has 0 saturated carbocycles. The molecule has 4 N–H and O–H groups in total. The molecule has 2 aromatic heterocycles. The van der Waals surface area contributed by atoms with E-state index < -0.39 is 48.2 Å². The topological polar surface area (TPSA) is 134 Å². The average Bonchev–Trinajstić information content (AvgIpc) is 3.15. The van der Waals surface area contributed by atoms with E-state index in [-0.39, 0.29) is 27.1 Å². The van der Waals surface area contributed by atoms with E-state index in [1.807, 2.05) is 0 Å². The number of benzene rings is 1. The third kappa shape index (κ3) is 6.12. The number of hydrogen-bond acceptors (Lipinski definition) is 9. The smallest absolute Gasteiger partial charge is 0.417 e. The molecule has 1 aromatic carbocycles.